The molecule has 1 aliphatic rings. The van der Waals surface area contributed by atoms with E-state index in [9.17, 15) is 22.4 Å². The molecule has 0 saturated carbocycles. The lowest BCUT2D eigenvalue weighted by Crippen LogP contribution is -2.47. The first-order chi connectivity index (χ1) is 17.6. The van der Waals surface area contributed by atoms with Gasteiger partial charge in [-0.2, -0.15) is 13.2 Å². The Bertz CT molecular complexity index is 1490. The molecule has 5 rings (SSSR count). The highest BCUT2D eigenvalue weighted by atomic mass is 35.5. The molecule has 14 heteroatoms. The maximum absolute atomic E-state index is 14.7. The Labute approximate surface area is 212 Å². The van der Waals surface area contributed by atoms with Gasteiger partial charge in [0.1, 0.15) is 17.8 Å². The second kappa shape index (κ2) is 9.47. The van der Waals surface area contributed by atoms with Crippen molar-refractivity contribution in [2.45, 2.75) is 13.1 Å². The smallest absolute Gasteiger partial charge is 0.368 e. The number of halogens is 5. The second-order valence-corrected chi connectivity index (χ2v) is 8.69. The number of aromatic nitrogens is 5. The molecule has 0 atom stereocenters. The first kappa shape index (κ1) is 24.7. The summed E-state index contributed by atoms with van der Waals surface area (Å²) in [6, 6.07) is 6.95. The Morgan fingerprint density at radius 2 is 1.81 bits per heavy atom. The number of benzene rings is 1. The molecule has 0 bridgehead atoms. The van der Waals surface area contributed by atoms with Crippen molar-refractivity contribution in [3.8, 4) is 11.3 Å². The van der Waals surface area contributed by atoms with Crippen LogP contribution in [0.2, 0.25) is 5.02 Å². The van der Waals surface area contributed by atoms with Gasteiger partial charge in [-0.05, 0) is 30.7 Å². The van der Waals surface area contributed by atoms with Crippen molar-refractivity contribution < 1.29 is 27.2 Å². The molecule has 1 aromatic carbocycles. The quantitative estimate of drug-likeness (QED) is 0.364. The van der Waals surface area contributed by atoms with Crippen LogP contribution in [0.3, 0.4) is 0 Å². The predicted molar refractivity (Wildman–Crippen MR) is 127 cm³/mol. The summed E-state index contributed by atoms with van der Waals surface area (Å²) in [5.74, 6) is -2.95. The van der Waals surface area contributed by atoms with Gasteiger partial charge in [0.15, 0.2) is 5.82 Å². The van der Waals surface area contributed by atoms with Gasteiger partial charge in [0.05, 0.1) is 11.6 Å². The number of anilines is 2. The number of pyridine rings is 1. The summed E-state index contributed by atoms with van der Waals surface area (Å²) in [5.41, 5.74) is 1.68. The summed E-state index contributed by atoms with van der Waals surface area (Å²) in [5, 5.41) is 4.72. The lowest BCUT2D eigenvalue weighted by molar-refractivity contribution is -0.200. The number of hydrogen-bond donors (Lipinski definition) is 0. The number of alkyl halides is 3. The fourth-order valence-corrected chi connectivity index (χ4v) is 4.35. The van der Waals surface area contributed by atoms with Gasteiger partial charge in [0.2, 0.25) is 5.65 Å². The summed E-state index contributed by atoms with van der Waals surface area (Å²) < 4.78 is 53.3. The van der Waals surface area contributed by atoms with E-state index in [2.05, 4.69) is 29.8 Å². The van der Waals surface area contributed by atoms with Gasteiger partial charge in [-0.3, -0.25) is 4.98 Å². The number of aryl methyl sites for hydroxylation is 1. The molecule has 3 aromatic heterocycles. The molecule has 192 valence electrons. The SMILES string of the molecule is Cc1ccc(Cl)cc1N1CCN(c2ncnc3c2c(-c2ccncc2F)nn3OC(=O)C(F)(F)F)CC1. The molecule has 0 radical (unpaired) electrons. The Balaban J connectivity index is 1.55. The van der Waals surface area contributed by atoms with E-state index in [-0.39, 0.29) is 22.3 Å². The Kier molecular flexibility index (Phi) is 6.31. The Hall–Kier alpha value is -4.00. The number of rotatable bonds is 4. The molecule has 0 spiro atoms. The highest BCUT2D eigenvalue weighted by Crippen LogP contribution is 2.35. The first-order valence-electron chi connectivity index (χ1n) is 11.0. The third-order valence-corrected chi connectivity index (χ3v) is 6.17. The lowest BCUT2D eigenvalue weighted by Gasteiger charge is -2.37. The van der Waals surface area contributed by atoms with Crippen LogP contribution in [0.4, 0.5) is 29.1 Å². The van der Waals surface area contributed by atoms with Crippen LogP contribution in [-0.4, -0.2) is 63.2 Å². The van der Waals surface area contributed by atoms with Crippen LogP contribution in [0.5, 0.6) is 0 Å². The van der Waals surface area contributed by atoms with E-state index in [0.29, 0.717) is 41.9 Å². The van der Waals surface area contributed by atoms with Crippen LogP contribution < -0.4 is 14.6 Å². The number of carbonyl (C=O) groups is 1. The van der Waals surface area contributed by atoms with Crippen LogP contribution in [0.25, 0.3) is 22.3 Å². The lowest BCUT2D eigenvalue weighted by atomic mass is 10.1. The van der Waals surface area contributed by atoms with Crippen LogP contribution in [0.1, 0.15) is 5.56 Å². The van der Waals surface area contributed by atoms with Crippen molar-refractivity contribution in [1.29, 1.82) is 0 Å². The molecular weight excluding hydrogens is 518 g/mol. The zero-order chi connectivity index (χ0) is 26.3. The van der Waals surface area contributed by atoms with E-state index in [4.69, 9.17) is 11.6 Å². The monoisotopic (exact) mass is 535 g/mol. The number of hydrogen-bond acceptors (Lipinski definition) is 8. The molecule has 0 unspecified atom stereocenters. The molecular formula is C23H18ClF4N7O2. The van der Waals surface area contributed by atoms with E-state index in [1.54, 1.807) is 0 Å². The molecule has 1 saturated heterocycles. The van der Waals surface area contributed by atoms with E-state index in [1.807, 2.05) is 30.0 Å². The minimum absolute atomic E-state index is 0.0638. The summed E-state index contributed by atoms with van der Waals surface area (Å²) in [4.78, 5) is 32.4. The van der Waals surface area contributed by atoms with E-state index in [1.165, 1.54) is 12.3 Å². The predicted octanol–water partition coefficient (Wildman–Crippen LogP) is 3.83. The van der Waals surface area contributed by atoms with Gasteiger partial charge in [0, 0.05) is 48.6 Å². The average molecular weight is 536 g/mol. The number of carbonyl (C=O) groups excluding carboxylic acids is 1. The third-order valence-electron chi connectivity index (χ3n) is 5.94. The van der Waals surface area contributed by atoms with Crippen molar-refractivity contribution in [3.05, 3.63) is 59.4 Å². The summed E-state index contributed by atoms with van der Waals surface area (Å²) >= 11 is 6.18. The summed E-state index contributed by atoms with van der Waals surface area (Å²) in [6.45, 7) is 4.11. The molecule has 0 N–H and O–H groups in total. The molecule has 4 aromatic rings. The molecule has 9 nitrogen and oxygen atoms in total. The topological polar surface area (TPSA) is 89.3 Å². The fraction of sp³-hybridized carbons (Fsp3) is 0.261. The largest absolute Gasteiger partial charge is 0.493 e. The molecule has 4 heterocycles. The molecule has 37 heavy (non-hydrogen) atoms. The fourth-order valence-electron chi connectivity index (χ4n) is 4.18. The van der Waals surface area contributed by atoms with Crippen molar-refractivity contribution in [2.75, 3.05) is 36.0 Å². The number of fused-ring (bicyclic) bond motifs is 1. The van der Waals surface area contributed by atoms with Gasteiger partial charge >= 0.3 is 12.1 Å². The highest BCUT2D eigenvalue weighted by molar-refractivity contribution is 6.30. The summed E-state index contributed by atoms with van der Waals surface area (Å²) in [7, 11) is 0. The standard InChI is InChI=1S/C23H18ClF4N7O2/c1-13-2-3-14(24)10-17(13)33-6-8-34(9-7-33)20-18-19(15-4-5-29-11-16(15)25)32-35(21(18)31-12-30-20)37-22(36)23(26,27)28/h2-5,10-12H,6-9H2,1H3. The van der Waals surface area contributed by atoms with Crippen LogP contribution in [0, 0.1) is 12.7 Å². The maximum Gasteiger partial charge on any atom is 0.493 e. The third kappa shape index (κ3) is 4.73. The van der Waals surface area contributed by atoms with Crippen molar-refractivity contribution >= 4 is 40.1 Å². The minimum Gasteiger partial charge on any atom is -0.368 e. The zero-order valence-corrected chi connectivity index (χ0v) is 20.0. The van der Waals surface area contributed by atoms with Crippen LogP contribution in [-0.2, 0) is 4.79 Å². The van der Waals surface area contributed by atoms with Crippen LogP contribution >= 0.6 is 11.6 Å². The molecule has 0 aliphatic carbocycles. The molecule has 1 aliphatic heterocycles. The normalized spacial score (nSPS) is 14.3. The van der Waals surface area contributed by atoms with Gasteiger partial charge < -0.3 is 14.6 Å². The van der Waals surface area contributed by atoms with Crippen molar-refractivity contribution in [1.82, 2.24) is 24.9 Å². The van der Waals surface area contributed by atoms with E-state index < -0.39 is 18.0 Å². The van der Waals surface area contributed by atoms with Gasteiger partial charge in [-0.15, -0.1) is 5.10 Å². The van der Waals surface area contributed by atoms with Crippen LogP contribution in [0.15, 0.2) is 43.0 Å². The van der Waals surface area contributed by atoms with E-state index >= 15 is 0 Å². The van der Waals surface area contributed by atoms with Gasteiger partial charge in [0.25, 0.3) is 0 Å². The Morgan fingerprint density at radius 1 is 1.08 bits per heavy atom. The first-order valence-corrected chi connectivity index (χ1v) is 11.4. The minimum atomic E-state index is -5.27. The zero-order valence-electron chi connectivity index (χ0n) is 19.2. The Morgan fingerprint density at radius 3 is 2.51 bits per heavy atom. The van der Waals surface area contributed by atoms with E-state index in [0.717, 1.165) is 23.8 Å². The average Bonchev–Trinajstić information content (AvgIpc) is 3.23. The second-order valence-electron chi connectivity index (χ2n) is 8.25. The summed E-state index contributed by atoms with van der Waals surface area (Å²) in [6.07, 6.45) is -1.90. The van der Waals surface area contributed by atoms with Gasteiger partial charge in [-0.25, -0.2) is 19.2 Å². The molecule has 0 amide bonds. The maximum atomic E-state index is 14.7. The number of nitrogens with zero attached hydrogens (tertiary/aromatic N) is 7. The van der Waals surface area contributed by atoms with Crippen molar-refractivity contribution in [2.24, 2.45) is 0 Å². The van der Waals surface area contributed by atoms with Crippen molar-refractivity contribution in [3.63, 3.8) is 0 Å². The number of piperazine rings is 1. The highest BCUT2D eigenvalue weighted by Gasteiger charge is 2.43. The molecule has 1 fully saturated rings. The van der Waals surface area contributed by atoms with Gasteiger partial charge in [-0.1, -0.05) is 22.5 Å².